The Morgan fingerprint density at radius 3 is 2.14 bits per heavy atom. The number of carboxylic acids is 1. The lowest BCUT2D eigenvalue weighted by molar-refractivity contribution is 0.0651. The van der Waals surface area contributed by atoms with Crippen LogP contribution in [0.1, 0.15) is 64.4 Å². The summed E-state index contributed by atoms with van der Waals surface area (Å²) in [7, 11) is 0. The lowest BCUT2D eigenvalue weighted by atomic mass is 9.95. The van der Waals surface area contributed by atoms with E-state index in [9.17, 15) is 14.7 Å². The van der Waals surface area contributed by atoms with E-state index < -0.39 is 5.97 Å². The molecule has 0 aromatic heterocycles. The number of hydrogen-bond donors (Lipinski definition) is 1. The fourth-order valence-corrected chi connectivity index (χ4v) is 3.29. The number of carbonyl (C=O) groups is 2. The zero-order valence-corrected chi connectivity index (χ0v) is 13.0. The molecule has 1 fully saturated rings. The van der Waals surface area contributed by atoms with E-state index in [1.807, 2.05) is 24.8 Å². The van der Waals surface area contributed by atoms with E-state index in [1.165, 1.54) is 0 Å². The fraction of sp³-hybridized carbons (Fsp3) is 0.529. The Morgan fingerprint density at radius 2 is 1.67 bits per heavy atom. The second kappa shape index (κ2) is 6.29. The summed E-state index contributed by atoms with van der Waals surface area (Å²) in [6.07, 6.45) is 4.33. The maximum atomic E-state index is 12.9. The molecule has 1 aromatic rings. The highest BCUT2D eigenvalue weighted by Gasteiger charge is 2.30. The smallest absolute Gasteiger partial charge is 0.336 e. The molecule has 1 N–H and O–H groups in total. The van der Waals surface area contributed by atoms with Gasteiger partial charge in [0, 0.05) is 12.6 Å². The lowest BCUT2D eigenvalue weighted by Crippen LogP contribution is -2.39. The van der Waals surface area contributed by atoms with Gasteiger partial charge < -0.3 is 10.0 Å². The van der Waals surface area contributed by atoms with Gasteiger partial charge in [-0.15, -0.1) is 0 Å². The number of carbonyl (C=O) groups excluding carboxylic acids is 1. The van der Waals surface area contributed by atoms with Crippen molar-refractivity contribution in [2.45, 2.75) is 52.5 Å². The Hall–Kier alpha value is -1.84. The summed E-state index contributed by atoms with van der Waals surface area (Å²) in [6, 6.07) is 3.85. The minimum Gasteiger partial charge on any atom is -0.478 e. The third kappa shape index (κ3) is 2.94. The minimum absolute atomic E-state index is 0.136. The fourth-order valence-electron chi connectivity index (χ4n) is 3.29. The Balaban J connectivity index is 2.46. The van der Waals surface area contributed by atoms with E-state index in [1.54, 1.807) is 13.0 Å². The van der Waals surface area contributed by atoms with E-state index in [0.717, 1.165) is 31.2 Å². The average Bonchev–Trinajstić information content (AvgIpc) is 2.95. The molecule has 1 aromatic carbocycles. The summed E-state index contributed by atoms with van der Waals surface area (Å²) < 4.78 is 0. The molecule has 0 saturated heterocycles. The van der Waals surface area contributed by atoms with Gasteiger partial charge >= 0.3 is 5.97 Å². The molecule has 1 saturated carbocycles. The molecule has 0 heterocycles. The highest BCUT2D eigenvalue weighted by molar-refractivity contribution is 6.06. The maximum Gasteiger partial charge on any atom is 0.336 e. The lowest BCUT2D eigenvalue weighted by Gasteiger charge is -2.29. The molecule has 0 aliphatic heterocycles. The number of amides is 1. The number of benzene rings is 1. The summed E-state index contributed by atoms with van der Waals surface area (Å²) in [4.78, 5) is 26.3. The SMILES string of the molecule is CCN(C(=O)c1c(C)ccc(C)c1C(=O)O)C1CCCC1. The first kappa shape index (κ1) is 15.5. The van der Waals surface area contributed by atoms with Gasteiger partial charge in [0.1, 0.15) is 0 Å². The van der Waals surface area contributed by atoms with Crippen LogP contribution in [-0.4, -0.2) is 34.5 Å². The molecule has 1 amide bonds. The third-order valence-corrected chi connectivity index (χ3v) is 4.42. The van der Waals surface area contributed by atoms with E-state index >= 15 is 0 Å². The number of aromatic carboxylic acids is 1. The monoisotopic (exact) mass is 289 g/mol. The number of rotatable bonds is 4. The average molecular weight is 289 g/mol. The molecule has 4 heteroatoms. The summed E-state index contributed by atoms with van der Waals surface area (Å²) in [5, 5.41) is 9.47. The molecule has 21 heavy (non-hydrogen) atoms. The second-order valence-electron chi connectivity index (χ2n) is 5.78. The number of hydrogen-bond acceptors (Lipinski definition) is 2. The van der Waals surface area contributed by atoms with E-state index in [4.69, 9.17) is 0 Å². The first-order valence-electron chi connectivity index (χ1n) is 7.61. The van der Waals surface area contributed by atoms with E-state index in [-0.39, 0.29) is 17.5 Å². The van der Waals surface area contributed by atoms with Crippen molar-refractivity contribution in [3.63, 3.8) is 0 Å². The molecule has 0 spiro atoms. The Bertz CT molecular complexity index is 559. The van der Waals surface area contributed by atoms with Crippen LogP contribution < -0.4 is 0 Å². The molecule has 0 radical (unpaired) electrons. The molecular formula is C17H23NO3. The highest BCUT2D eigenvalue weighted by atomic mass is 16.4. The van der Waals surface area contributed by atoms with Crippen LogP contribution in [0.3, 0.4) is 0 Å². The quantitative estimate of drug-likeness (QED) is 0.924. The standard InChI is InChI=1S/C17H23NO3/c1-4-18(13-7-5-6-8-13)16(19)14-11(2)9-10-12(3)15(14)17(20)21/h9-10,13H,4-8H2,1-3H3,(H,20,21). The minimum atomic E-state index is -1.03. The van der Waals surface area contributed by atoms with E-state index in [0.29, 0.717) is 17.7 Å². The van der Waals surface area contributed by atoms with Crippen LogP contribution >= 0.6 is 0 Å². The summed E-state index contributed by atoms with van der Waals surface area (Å²) in [6.45, 7) is 6.13. The Kier molecular flexibility index (Phi) is 4.66. The van der Waals surface area contributed by atoms with Crippen molar-refractivity contribution in [2.24, 2.45) is 0 Å². The van der Waals surface area contributed by atoms with Gasteiger partial charge in [-0.1, -0.05) is 25.0 Å². The van der Waals surface area contributed by atoms with Crippen molar-refractivity contribution >= 4 is 11.9 Å². The van der Waals surface area contributed by atoms with Crippen molar-refractivity contribution in [3.8, 4) is 0 Å². The molecule has 4 nitrogen and oxygen atoms in total. The van der Waals surface area contributed by atoms with Gasteiger partial charge in [0.05, 0.1) is 11.1 Å². The van der Waals surface area contributed by atoms with Crippen LogP contribution in [0.15, 0.2) is 12.1 Å². The maximum absolute atomic E-state index is 12.9. The molecule has 0 bridgehead atoms. The van der Waals surface area contributed by atoms with Gasteiger partial charge in [0.15, 0.2) is 0 Å². The summed E-state index contributed by atoms with van der Waals surface area (Å²) in [5.74, 6) is -1.16. The van der Waals surface area contributed by atoms with Crippen LogP contribution in [0.2, 0.25) is 0 Å². The zero-order chi connectivity index (χ0) is 15.6. The molecule has 0 unspecified atom stereocenters. The van der Waals surface area contributed by atoms with Gasteiger partial charge in [-0.2, -0.15) is 0 Å². The van der Waals surface area contributed by atoms with Crippen LogP contribution in [-0.2, 0) is 0 Å². The molecule has 2 rings (SSSR count). The highest BCUT2D eigenvalue weighted by Crippen LogP contribution is 2.27. The summed E-state index contributed by atoms with van der Waals surface area (Å²) >= 11 is 0. The van der Waals surface area contributed by atoms with Gasteiger partial charge in [-0.3, -0.25) is 4.79 Å². The Morgan fingerprint density at radius 1 is 1.14 bits per heavy atom. The Labute approximate surface area is 125 Å². The van der Waals surface area contributed by atoms with Crippen LogP contribution in [0.25, 0.3) is 0 Å². The van der Waals surface area contributed by atoms with Crippen molar-refractivity contribution < 1.29 is 14.7 Å². The zero-order valence-electron chi connectivity index (χ0n) is 13.0. The van der Waals surface area contributed by atoms with Gasteiger partial charge in [-0.25, -0.2) is 4.79 Å². The van der Waals surface area contributed by atoms with Crippen molar-refractivity contribution in [3.05, 3.63) is 34.4 Å². The second-order valence-corrected chi connectivity index (χ2v) is 5.78. The van der Waals surface area contributed by atoms with Gasteiger partial charge in [0.2, 0.25) is 0 Å². The number of nitrogens with zero attached hydrogens (tertiary/aromatic N) is 1. The number of aryl methyl sites for hydroxylation is 2. The molecule has 0 atom stereocenters. The van der Waals surface area contributed by atoms with Crippen molar-refractivity contribution in [1.82, 2.24) is 4.90 Å². The predicted octanol–water partition coefficient (Wildman–Crippen LogP) is 3.41. The third-order valence-electron chi connectivity index (χ3n) is 4.42. The molecule has 1 aliphatic carbocycles. The van der Waals surface area contributed by atoms with Crippen molar-refractivity contribution in [2.75, 3.05) is 6.54 Å². The molecule has 1 aliphatic rings. The topological polar surface area (TPSA) is 57.6 Å². The molecular weight excluding hydrogens is 266 g/mol. The number of carboxylic acid groups (broad SMARTS) is 1. The summed E-state index contributed by atoms with van der Waals surface area (Å²) in [5.41, 5.74) is 1.88. The van der Waals surface area contributed by atoms with E-state index in [2.05, 4.69) is 0 Å². The van der Waals surface area contributed by atoms with Crippen LogP contribution in [0, 0.1) is 13.8 Å². The van der Waals surface area contributed by atoms with Gasteiger partial charge in [-0.05, 0) is 44.7 Å². The first-order valence-corrected chi connectivity index (χ1v) is 7.61. The first-order chi connectivity index (χ1) is 9.97. The largest absolute Gasteiger partial charge is 0.478 e. The predicted molar refractivity (Wildman–Crippen MR) is 81.8 cm³/mol. The van der Waals surface area contributed by atoms with Gasteiger partial charge in [0.25, 0.3) is 5.91 Å². The normalized spacial score (nSPS) is 15.2. The van der Waals surface area contributed by atoms with Crippen LogP contribution in [0.5, 0.6) is 0 Å². The molecule has 114 valence electrons. The van der Waals surface area contributed by atoms with Crippen molar-refractivity contribution in [1.29, 1.82) is 0 Å². The van der Waals surface area contributed by atoms with Crippen LogP contribution in [0.4, 0.5) is 0 Å².